The quantitative estimate of drug-likeness (QED) is 0.777. The summed E-state index contributed by atoms with van der Waals surface area (Å²) in [5, 5.41) is 0.474. The third-order valence-electron chi connectivity index (χ3n) is 4.14. The molecule has 120 valence electrons. The largest absolute Gasteiger partial charge is 0.445 e. The second-order valence-corrected chi connectivity index (χ2v) is 6.09. The number of halogens is 1. The maximum absolute atomic E-state index is 12.4. The maximum atomic E-state index is 12.4. The predicted molar refractivity (Wildman–Crippen MR) is 89.3 cm³/mol. The van der Waals surface area contributed by atoms with E-state index < -0.39 is 0 Å². The standard InChI is InChI=1S/C18H19ClN2O2/c1-13-15(9-10-17(19)20-13)16-8-5-11-21(16)18(22)23-12-14-6-3-2-4-7-14/h2-4,6-7,9-10,16H,5,8,11-12H2,1H3/t16-/m1/s1. The summed E-state index contributed by atoms with van der Waals surface area (Å²) in [6, 6.07) is 13.5. The van der Waals surface area contributed by atoms with Crippen molar-refractivity contribution >= 4 is 17.7 Å². The average Bonchev–Trinajstić information content (AvgIpc) is 3.03. The second-order valence-electron chi connectivity index (χ2n) is 5.70. The number of hydrogen-bond acceptors (Lipinski definition) is 3. The van der Waals surface area contributed by atoms with Crippen LogP contribution >= 0.6 is 11.6 Å². The van der Waals surface area contributed by atoms with Crippen LogP contribution in [0.2, 0.25) is 5.15 Å². The minimum atomic E-state index is -0.272. The van der Waals surface area contributed by atoms with Crippen molar-refractivity contribution in [2.45, 2.75) is 32.4 Å². The summed E-state index contributed by atoms with van der Waals surface area (Å²) in [5.41, 5.74) is 2.90. The molecule has 1 aliphatic rings. The minimum Gasteiger partial charge on any atom is -0.445 e. The molecule has 4 nitrogen and oxygen atoms in total. The lowest BCUT2D eigenvalue weighted by Crippen LogP contribution is -2.31. The lowest BCUT2D eigenvalue weighted by Gasteiger charge is -2.25. The van der Waals surface area contributed by atoms with Crippen molar-refractivity contribution in [1.29, 1.82) is 0 Å². The maximum Gasteiger partial charge on any atom is 0.410 e. The average molecular weight is 331 g/mol. The fraction of sp³-hybridized carbons (Fsp3) is 0.333. The highest BCUT2D eigenvalue weighted by molar-refractivity contribution is 6.29. The number of carbonyl (C=O) groups excluding carboxylic acids is 1. The van der Waals surface area contributed by atoms with E-state index in [0.29, 0.717) is 18.3 Å². The Balaban J connectivity index is 1.69. The van der Waals surface area contributed by atoms with Gasteiger partial charge in [-0.15, -0.1) is 0 Å². The third-order valence-corrected chi connectivity index (χ3v) is 4.35. The molecule has 0 N–H and O–H groups in total. The van der Waals surface area contributed by atoms with Gasteiger partial charge < -0.3 is 9.64 Å². The van der Waals surface area contributed by atoms with Gasteiger partial charge in [0.15, 0.2) is 0 Å². The molecule has 5 heteroatoms. The first-order valence-electron chi connectivity index (χ1n) is 7.75. The zero-order valence-electron chi connectivity index (χ0n) is 13.0. The summed E-state index contributed by atoms with van der Waals surface area (Å²) < 4.78 is 5.47. The normalized spacial score (nSPS) is 17.3. The molecular formula is C18H19ClN2O2. The van der Waals surface area contributed by atoms with Gasteiger partial charge in [-0.1, -0.05) is 48.0 Å². The molecule has 2 aromatic rings. The highest BCUT2D eigenvalue weighted by Gasteiger charge is 2.32. The lowest BCUT2D eigenvalue weighted by atomic mass is 10.0. The summed E-state index contributed by atoms with van der Waals surface area (Å²) in [6.07, 6.45) is 1.61. The molecule has 0 bridgehead atoms. The number of amides is 1. The van der Waals surface area contributed by atoms with Gasteiger partial charge in [-0.05, 0) is 37.0 Å². The molecule has 0 radical (unpaired) electrons. The fourth-order valence-corrected chi connectivity index (χ4v) is 3.19. The molecule has 1 fully saturated rings. The molecule has 0 saturated carbocycles. The molecule has 1 saturated heterocycles. The monoisotopic (exact) mass is 330 g/mol. The topological polar surface area (TPSA) is 42.4 Å². The summed E-state index contributed by atoms with van der Waals surface area (Å²) in [6.45, 7) is 2.92. The molecule has 23 heavy (non-hydrogen) atoms. The van der Waals surface area contributed by atoms with Crippen LogP contribution in [-0.2, 0) is 11.3 Å². The van der Waals surface area contributed by atoms with Crippen LogP contribution < -0.4 is 0 Å². The van der Waals surface area contributed by atoms with Crippen molar-refractivity contribution in [2.75, 3.05) is 6.54 Å². The molecular weight excluding hydrogens is 312 g/mol. The Kier molecular flexibility index (Phi) is 4.82. The fourth-order valence-electron chi connectivity index (χ4n) is 3.00. The van der Waals surface area contributed by atoms with E-state index >= 15 is 0 Å². The molecule has 1 atom stereocenters. The van der Waals surface area contributed by atoms with Gasteiger partial charge in [0.25, 0.3) is 0 Å². The van der Waals surface area contributed by atoms with E-state index in [1.165, 1.54) is 0 Å². The van der Waals surface area contributed by atoms with E-state index in [4.69, 9.17) is 16.3 Å². The first kappa shape index (κ1) is 15.8. The summed E-state index contributed by atoms with van der Waals surface area (Å²) in [4.78, 5) is 18.5. The van der Waals surface area contributed by atoms with Crippen LogP contribution in [0.25, 0.3) is 0 Å². The van der Waals surface area contributed by atoms with Crippen LogP contribution in [-0.4, -0.2) is 22.5 Å². The van der Waals surface area contributed by atoms with Gasteiger partial charge in [-0.3, -0.25) is 0 Å². The number of carbonyl (C=O) groups is 1. The first-order chi connectivity index (χ1) is 11.1. The molecule has 1 aromatic carbocycles. The molecule has 0 spiro atoms. The number of aryl methyl sites for hydroxylation is 1. The Hall–Kier alpha value is -2.07. The van der Waals surface area contributed by atoms with Crippen LogP contribution in [0.1, 0.15) is 35.7 Å². The Morgan fingerprint density at radius 1 is 1.30 bits per heavy atom. The van der Waals surface area contributed by atoms with E-state index in [-0.39, 0.29) is 12.1 Å². The number of hydrogen-bond donors (Lipinski definition) is 0. The molecule has 1 amide bonds. The number of likely N-dealkylation sites (tertiary alicyclic amines) is 1. The molecule has 1 aromatic heterocycles. The SMILES string of the molecule is Cc1nc(Cl)ccc1[C@H]1CCCN1C(=O)OCc1ccccc1. The number of rotatable bonds is 3. The van der Waals surface area contributed by atoms with E-state index in [1.807, 2.05) is 43.3 Å². The highest BCUT2D eigenvalue weighted by Crippen LogP contribution is 2.34. The Morgan fingerprint density at radius 3 is 2.83 bits per heavy atom. The van der Waals surface area contributed by atoms with E-state index in [9.17, 15) is 4.79 Å². The van der Waals surface area contributed by atoms with Crippen molar-refractivity contribution in [2.24, 2.45) is 0 Å². The van der Waals surface area contributed by atoms with Gasteiger partial charge in [0.05, 0.1) is 6.04 Å². The van der Waals surface area contributed by atoms with Crippen molar-refractivity contribution in [3.05, 3.63) is 64.4 Å². The molecule has 2 heterocycles. The van der Waals surface area contributed by atoms with E-state index in [2.05, 4.69) is 4.98 Å². The van der Waals surface area contributed by atoms with Crippen LogP contribution in [0.4, 0.5) is 4.79 Å². The van der Waals surface area contributed by atoms with E-state index in [1.54, 1.807) is 11.0 Å². The zero-order chi connectivity index (χ0) is 16.2. The van der Waals surface area contributed by atoms with Crippen molar-refractivity contribution in [3.63, 3.8) is 0 Å². The molecule has 3 rings (SSSR count). The van der Waals surface area contributed by atoms with Gasteiger partial charge in [0.2, 0.25) is 0 Å². The van der Waals surface area contributed by atoms with Crippen LogP contribution in [0, 0.1) is 6.92 Å². The zero-order valence-corrected chi connectivity index (χ0v) is 13.8. The number of pyridine rings is 1. The van der Waals surface area contributed by atoms with Crippen LogP contribution in [0.3, 0.4) is 0 Å². The highest BCUT2D eigenvalue weighted by atomic mass is 35.5. The van der Waals surface area contributed by atoms with Gasteiger partial charge in [-0.2, -0.15) is 0 Å². The van der Waals surface area contributed by atoms with E-state index in [0.717, 1.165) is 29.7 Å². The van der Waals surface area contributed by atoms with Gasteiger partial charge in [0.1, 0.15) is 11.8 Å². The predicted octanol–water partition coefficient (Wildman–Crippen LogP) is 4.52. The van der Waals surface area contributed by atoms with Crippen LogP contribution in [0.15, 0.2) is 42.5 Å². The second kappa shape index (κ2) is 7.01. The van der Waals surface area contributed by atoms with Crippen molar-refractivity contribution < 1.29 is 9.53 Å². The summed E-state index contributed by atoms with van der Waals surface area (Å²) in [7, 11) is 0. The Labute approximate surface area is 141 Å². The molecule has 0 unspecified atom stereocenters. The lowest BCUT2D eigenvalue weighted by molar-refractivity contribution is 0.0919. The van der Waals surface area contributed by atoms with Crippen LogP contribution in [0.5, 0.6) is 0 Å². The van der Waals surface area contributed by atoms with Gasteiger partial charge in [0, 0.05) is 12.2 Å². The minimum absolute atomic E-state index is 0.0167. The smallest absolute Gasteiger partial charge is 0.410 e. The molecule has 1 aliphatic heterocycles. The number of ether oxygens (including phenoxy) is 1. The summed E-state index contributed by atoms with van der Waals surface area (Å²) >= 11 is 5.92. The van der Waals surface area contributed by atoms with Gasteiger partial charge >= 0.3 is 6.09 Å². The van der Waals surface area contributed by atoms with Crippen molar-refractivity contribution in [1.82, 2.24) is 9.88 Å². The molecule has 0 aliphatic carbocycles. The summed E-state index contributed by atoms with van der Waals surface area (Å²) in [5.74, 6) is 0. The number of aromatic nitrogens is 1. The number of nitrogens with zero attached hydrogens (tertiary/aromatic N) is 2. The van der Waals surface area contributed by atoms with Crippen molar-refractivity contribution in [3.8, 4) is 0 Å². The first-order valence-corrected chi connectivity index (χ1v) is 8.13. The Morgan fingerprint density at radius 2 is 2.09 bits per heavy atom. The van der Waals surface area contributed by atoms with Gasteiger partial charge in [-0.25, -0.2) is 9.78 Å². The third kappa shape index (κ3) is 3.64. The Bertz CT molecular complexity index is 691. The number of benzene rings is 1.